The first-order valence-electron chi connectivity index (χ1n) is 5.41. The topological polar surface area (TPSA) is 68.2 Å². The molecule has 0 saturated carbocycles. The molecule has 17 heavy (non-hydrogen) atoms. The minimum absolute atomic E-state index is 0.0251. The molecule has 0 saturated heterocycles. The average molecular weight is 286 g/mol. The van der Waals surface area contributed by atoms with Crippen LogP contribution >= 0.6 is 17.2 Å². The lowest BCUT2D eigenvalue weighted by atomic mass is 9.99. The second kappa shape index (κ2) is 7.30. The van der Waals surface area contributed by atoms with Crippen molar-refractivity contribution >= 4 is 17.2 Å². The fraction of sp³-hybridized carbons (Fsp3) is 1.00. The van der Waals surface area contributed by atoms with E-state index in [0.29, 0.717) is 13.2 Å². The van der Waals surface area contributed by atoms with Crippen molar-refractivity contribution in [1.82, 2.24) is 0 Å². The fourth-order valence-electron chi connectivity index (χ4n) is 0.637. The molecule has 5 nitrogen and oxygen atoms in total. The summed E-state index contributed by atoms with van der Waals surface area (Å²) < 4.78 is 15.7. The molecule has 2 N–H and O–H groups in total. The van der Waals surface area contributed by atoms with Crippen LogP contribution in [0.5, 0.6) is 0 Å². The van der Waals surface area contributed by atoms with E-state index in [1.165, 1.54) is 0 Å². The van der Waals surface area contributed by atoms with Crippen LogP contribution in [0.25, 0.3) is 0 Å². The zero-order chi connectivity index (χ0) is 13.7. The number of rotatable bonds is 6. The SMILES string of the molecule is CC(C)(C)COP(OCC(C)(C)C)OP(O)O. The van der Waals surface area contributed by atoms with Gasteiger partial charge in [0.1, 0.15) is 0 Å². The first-order valence-corrected chi connectivity index (χ1v) is 7.68. The molecule has 0 spiro atoms. The van der Waals surface area contributed by atoms with E-state index in [2.05, 4.69) is 0 Å². The predicted molar refractivity (Wildman–Crippen MR) is 70.2 cm³/mol. The number of hydrogen-bond donors (Lipinski definition) is 2. The van der Waals surface area contributed by atoms with Gasteiger partial charge in [0.25, 0.3) is 0 Å². The molecule has 0 rings (SSSR count). The standard InChI is InChI=1S/C10H24O5P2/c1-9(2,3)7-13-17(15-16(11)12)14-8-10(4,5)6/h11-12H,7-8H2,1-6H3. The average Bonchev–Trinajstić information content (AvgIpc) is 2.06. The van der Waals surface area contributed by atoms with Crippen molar-refractivity contribution < 1.29 is 23.1 Å². The van der Waals surface area contributed by atoms with Crippen molar-refractivity contribution in [1.29, 1.82) is 0 Å². The molecule has 0 aliphatic carbocycles. The van der Waals surface area contributed by atoms with Crippen LogP contribution in [0.3, 0.4) is 0 Å². The van der Waals surface area contributed by atoms with Gasteiger partial charge in [0.05, 0.1) is 13.2 Å². The van der Waals surface area contributed by atoms with Crippen LogP contribution in [-0.4, -0.2) is 23.0 Å². The van der Waals surface area contributed by atoms with Crippen LogP contribution in [0.15, 0.2) is 0 Å². The Morgan fingerprint density at radius 3 is 1.41 bits per heavy atom. The lowest BCUT2D eigenvalue weighted by molar-refractivity contribution is 0.121. The third-order valence-corrected chi connectivity index (χ3v) is 3.14. The van der Waals surface area contributed by atoms with Gasteiger partial charge in [-0.15, -0.1) is 0 Å². The van der Waals surface area contributed by atoms with E-state index in [4.69, 9.17) is 23.1 Å². The van der Waals surface area contributed by atoms with Crippen molar-refractivity contribution in [3.05, 3.63) is 0 Å². The molecule has 104 valence electrons. The molecule has 0 radical (unpaired) electrons. The molecule has 0 heterocycles. The molecule has 0 fully saturated rings. The molecule has 0 aromatic carbocycles. The van der Waals surface area contributed by atoms with Gasteiger partial charge in [0.15, 0.2) is 0 Å². The Bertz CT molecular complexity index is 192. The van der Waals surface area contributed by atoms with E-state index in [9.17, 15) is 0 Å². The van der Waals surface area contributed by atoms with Crippen LogP contribution in [0, 0.1) is 10.8 Å². The third kappa shape index (κ3) is 12.9. The van der Waals surface area contributed by atoms with Crippen LogP contribution in [0.2, 0.25) is 0 Å². The van der Waals surface area contributed by atoms with E-state index in [-0.39, 0.29) is 10.8 Å². The van der Waals surface area contributed by atoms with Crippen molar-refractivity contribution in [2.75, 3.05) is 13.2 Å². The van der Waals surface area contributed by atoms with Crippen LogP contribution in [-0.2, 0) is 13.4 Å². The molecule has 7 heteroatoms. The van der Waals surface area contributed by atoms with Gasteiger partial charge in [0, 0.05) is 0 Å². The first-order chi connectivity index (χ1) is 7.49. The maximum absolute atomic E-state index is 8.84. The van der Waals surface area contributed by atoms with E-state index in [1.807, 2.05) is 41.5 Å². The van der Waals surface area contributed by atoms with Gasteiger partial charge in [0.2, 0.25) is 0 Å². The normalized spacial score (nSPS) is 13.8. The quantitative estimate of drug-likeness (QED) is 0.731. The largest absolute Gasteiger partial charge is 0.339 e. The Kier molecular flexibility index (Phi) is 7.58. The van der Waals surface area contributed by atoms with Gasteiger partial charge in [-0.25, -0.2) is 4.31 Å². The Morgan fingerprint density at radius 2 is 1.18 bits per heavy atom. The molecule has 0 bridgehead atoms. The van der Waals surface area contributed by atoms with Gasteiger partial charge in [-0.3, -0.25) is 0 Å². The zero-order valence-electron chi connectivity index (χ0n) is 11.4. The highest BCUT2D eigenvalue weighted by Crippen LogP contribution is 2.51. The highest BCUT2D eigenvalue weighted by Gasteiger charge is 2.23. The van der Waals surface area contributed by atoms with E-state index < -0.39 is 17.2 Å². The maximum atomic E-state index is 8.84. The highest BCUT2D eigenvalue weighted by atomic mass is 31.2. The molecule has 0 aromatic rings. The molecule has 0 atom stereocenters. The van der Waals surface area contributed by atoms with Gasteiger partial charge < -0.3 is 18.8 Å². The fourth-order valence-corrected chi connectivity index (χ4v) is 2.55. The van der Waals surface area contributed by atoms with Crippen LogP contribution in [0.1, 0.15) is 41.5 Å². The van der Waals surface area contributed by atoms with E-state index in [0.717, 1.165) is 0 Å². The van der Waals surface area contributed by atoms with Crippen LogP contribution < -0.4 is 0 Å². The summed E-state index contributed by atoms with van der Waals surface area (Å²) in [5.41, 5.74) is -0.0502. The number of hydrogen-bond acceptors (Lipinski definition) is 5. The lowest BCUT2D eigenvalue weighted by Crippen LogP contribution is -2.16. The maximum Gasteiger partial charge on any atom is 0.339 e. The summed E-state index contributed by atoms with van der Waals surface area (Å²) in [6.45, 7) is 13.0. The summed E-state index contributed by atoms with van der Waals surface area (Å²) in [6, 6.07) is 0. The summed E-state index contributed by atoms with van der Waals surface area (Å²) >= 11 is 0. The Labute approximate surface area is 106 Å². The van der Waals surface area contributed by atoms with E-state index in [1.54, 1.807) is 0 Å². The van der Waals surface area contributed by atoms with Gasteiger partial charge in [-0.1, -0.05) is 41.5 Å². The van der Waals surface area contributed by atoms with Gasteiger partial charge >= 0.3 is 17.2 Å². The zero-order valence-corrected chi connectivity index (χ0v) is 13.2. The summed E-state index contributed by atoms with van der Waals surface area (Å²) in [5.74, 6) is 0. The monoisotopic (exact) mass is 286 g/mol. The molecule has 0 aliphatic heterocycles. The van der Waals surface area contributed by atoms with Crippen molar-refractivity contribution in [3.63, 3.8) is 0 Å². The smallest absolute Gasteiger partial charge is 0.328 e. The van der Waals surface area contributed by atoms with Crippen LogP contribution in [0.4, 0.5) is 0 Å². The third-order valence-electron chi connectivity index (χ3n) is 1.35. The summed E-state index contributed by atoms with van der Waals surface area (Å²) in [4.78, 5) is 17.7. The van der Waals surface area contributed by atoms with Crippen molar-refractivity contribution in [3.8, 4) is 0 Å². The van der Waals surface area contributed by atoms with Crippen molar-refractivity contribution in [2.24, 2.45) is 10.8 Å². The van der Waals surface area contributed by atoms with E-state index >= 15 is 0 Å². The lowest BCUT2D eigenvalue weighted by Gasteiger charge is -2.25. The first kappa shape index (κ1) is 17.7. The highest BCUT2D eigenvalue weighted by molar-refractivity contribution is 7.54. The molecule has 0 aromatic heterocycles. The second-order valence-electron chi connectivity index (χ2n) is 6.23. The van der Waals surface area contributed by atoms with Crippen molar-refractivity contribution in [2.45, 2.75) is 41.5 Å². The summed E-state index contributed by atoms with van der Waals surface area (Å²) in [5, 5.41) is 0. The Morgan fingerprint density at radius 1 is 0.824 bits per heavy atom. The van der Waals surface area contributed by atoms with Gasteiger partial charge in [-0.2, -0.15) is 0 Å². The molecular formula is C10H24O5P2. The predicted octanol–water partition coefficient (Wildman–Crippen LogP) is 3.57. The Hall–Kier alpha value is 0.660. The summed E-state index contributed by atoms with van der Waals surface area (Å²) in [7, 11) is -4.16. The minimum Gasteiger partial charge on any atom is -0.328 e. The minimum atomic E-state index is -2.46. The molecular weight excluding hydrogens is 262 g/mol. The molecule has 0 aliphatic rings. The molecule has 0 amide bonds. The summed E-state index contributed by atoms with van der Waals surface area (Å²) in [6.07, 6.45) is 0. The molecule has 0 unspecified atom stereocenters. The van der Waals surface area contributed by atoms with Gasteiger partial charge in [-0.05, 0) is 10.8 Å². The second-order valence-corrected chi connectivity index (χ2v) is 8.35. The Balaban J connectivity index is 4.15.